The maximum atomic E-state index is 10.3. The van der Waals surface area contributed by atoms with Crippen molar-refractivity contribution < 1.29 is 19.5 Å². The molecule has 7 heteroatoms. The summed E-state index contributed by atoms with van der Waals surface area (Å²) in [4.78, 5) is 2.33. The SMILES string of the molecule is CC(NC[C@]1(CO)COC[C@@H](C)N1Cc1ccccc1)c1cc(CO)on1. The van der Waals surface area contributed by atoms with E-state index in [2.05, 4.69) is 34.4 Å². The van der Waals surface area contributed by atoms with E-state index in [9.17, 15) is 5.11 Å². The van der Waals surface area contributed by atoms with E-state index in [1.807, 2.05) is 25.1 Å². The van der Waals surface area contributed by atoms with Crippen LogP contribution in [0.4, 0.5) is 0 Å². The minimum absolute atomic E-state index is 0.00933. The monoisotopic (exact) mass is 375 g/mol. The first-order valence-corrected chi connectivity index (χ1v) is 9.37. The first kappa shape index (κ1) is 20.0. The zero-order chi connectivity index (χ0) is 19.3. The lowest BCUT2D eigenvalue weighted by Crippen LogP contribution is -2.66. The smallest absolute Gasteiger partial charge is 0.162 e. The van der Waals surface area contributed by atoms with Crippen molar-refractivity contribution in [2.45, 2.75) is 44.6 Å². The lowest BCUT2D eigenvalue weighted by molar-refractivity contribution is -0.123. The molecule has 1 aromatic heterocycles. The van der Waals surface area contributed by atoms with Gasteiger partial charge in [-0.15, -0.1) is 0 Å². The van der Waals surface area contributed by atoms with Crippen LogP contribution in [0.5, 0.6) is 0 Å². The van der Waals surface area contributed by atoms with Crippen LogP contribution in [0.3, 0.4) is 0 Å². The second-order valence-corrected chi connectivity index (χ2v) is 7.34. The van der Waals surface area contributed by atoms with Gasteiger partial charge in [0.05, 0.1) is 31.4 Å². The first-order chi connectivity index (χ1) is 13.1. The molecule has 0 spiro atoms. The fourth-order valence-electron chi connectivity index (χ4n) is 3.56. The third-order valence-electron chi connectivity index (χ3n) is 5.28. The summed E-state index contributed by atoms with van der Waals surface area (Å²) in [5.41, 5.74) is 1.42. The molecule has 3 rings (SSSR count). The summed E-state index contributed by atoms with van der Waals surface area (Å²) < 4.78 is 10.9. The Bertz CT molecular complexity index is 708. The van der Waals surface area contributed by atoms with Crippen LogP contribution in [0, 0.1) is 0 Å². The van der Waals surface area contributed by atoms with Gasteiger partial charge >= 0.3 is 0 Å². The predicted octanol–water partition coefficient (Wildman–Crippen LogP) is 1.47. The molecule has 7 nitrogen and oxygen atoms in total. The molecular weight excluding hydrogens is 346 g/mol. The Morgan fingerprint density at radius 1 is 1.33 bits per heavy atom. The summed E-state index contributed by atoms with van der Waals surface area (Å²) >= 11 is 0. The largest absolute Gasteiger partial charge is 0.394 e. The Morgan fingerprint density at radius 3 is 2.78 bits per heavy atom. The molecule has 0 saturated carbocycles. The Kier molecular flexibility index (Phi) is 6.62. The van der Waals surface area contributed by atoms with Gasteiger partial charge in [-0.3, -0.25) is 4.90 Å². The molecule has 3 atom stereocenters. The van der Waals surface area contributed by atoms with Crippen LogP contribution in [0.25, 0.3) is 0 Å². The Morgan fingerprint density at radius 2 is 2.11 bits per heavy atom. The number of hydrogen-bond donors (Lipinski definition) is 3. The zero-order valence-corrected chi connectivity index (χ0v) is 16.0. The van der Waals surface area contributed by atoms with Gasteiger partial charge in [-0.1, -0.05) is 35.5 Å². The molecule has 27 heavy (non-hydrogen) atoms. The van der Waals surface area contributed by atoms with Crippen molar-refractivity contribution in [2.75, 3.05) is 26.4 Å². The van der Waals surface area contributed by atoms with Gasteiger partial charge < -0.3 is 24.8 Å². The van der Waals surface area contributed by atoms with Crippen molar-refractivity contribution in [1.82, 2.24) is 15.4 Å². The topological polar surface area (TPSA) is 91.0 Å². The lowest BCUT2D eigenvalue weighted by Gasteiger charge is -2.49. The van der Waals surface area contributed by atoms with E-state index in [-0.39, 0.29) is 25.3 Å². The Labute approximate surface area is 159 Å². The number of rotatable bonds is 8. The number of morpholine rings is 1. The van der Waals surface area contributed by atoms with E-state index in [4.69, 9.17) is 14.4 Å². The van der Waals surface area contributed by atoms with Gasteiger partial charge in [0.2, 0.25) is 0 Å². The van der Waals surface area contributed by atoms with E-state index in [1.165, 1.54) is 5.56 Å². The molecule has 1 aliphatic heterocycles. The average molecular weight is 375 g/mol. The van der Waals surface area contributed by atoms with Crippen LogP contribution in [0.1, 0.15) is 36.9 Å². The van der Waals surface area contributed by atoms with Crippen LogP contribution < -0.4 is 5.32 Å². The quantitative estimate of drug-likeness (QED) is 0.644. The molecule has 3 N–H and O–H groups in total. The molecule has 148 valence electrons. The predicted molar refractivity (Wildman–Crippen MR) is 101 cm³/mol. The molecular formula is C20H29N3O4. The molecule has 2 aromatic rings. The van der Waals surface area contributed by atoms with Crippen LogP contribution in [0.15, 0.2) is 40.9 Å². The standard InChI is InChI=1S/C20H29N3O4/c1-15-11-26-14-20(13-25,23(15)9-17-6-4-3-5-7-17)12-21-16(2)19-8-18(10-24)27-22-19/h3-8,15-16,21,24-25H,9-14H2,1-2H3/t15-,16?,20+/m1/s1. The van der Waals surface area contributed by atoms with E-state index in [1.54, 1.807) is 6.07 Å². The molecule has 1 fully saturated rings. The summed E-state index contributed by atoms with van der Waals surface area (Å²) in [6, 6.07) is 12.1. The second-order valence-electron chi connectivity index (χ2n) is 7.34. The van der Waals surface area contributed by atoms with Crippen molar-refractivity contribution in [3.8, 4) is 0 Å². The molecule has 1 unspecified atom stereocenters. The highest BCUT2D eigenvalue weighted by Gasteiger charge is 2.42. The molecule has 1 saturated heterocycles. The number of ether oxygens (including phenoxy) is 1. The third-order valence-corrected chi connectivity index (χ3v) is 5.28. The van der Waals surface area contributed by atoms with Crippen molar-refractivity contribution in [1.29, 1.82) is 0 Å². The van der Waals surface area contributed by atoms with Crippen LogP contribution >= 0.6 is 0 Å². The summed E-state index contributed by atoms with van der Waals surface area (Å²) in [5, 5.41) is 26.9. The summed E-state index contributed by atoms with van der Waals surface area (Å²) in [5.74, 6) is 0.441. The number of aliphatic hydroxyl groups is 2. The summed E-state index contributed by atoms with van der Waals surface area (Å²) in [7, 11) is 0. The molecule has 2 heterocycles. The number of nitrogens with one attached hydrogen (secondary N) is 1. The van der Waals surface area contributed by atoms with Gasteiger partial charge in [0.1, 0.15) is 12.3 Å². The van der Waals surface area contributed by atoms with Crippen molar-refractivity contribution >= 4 is 0 Å². The van der Waals surface area contributed by atoms with Crippen molar-refractivity contribution in [2.24, 2.45) is 0 Å². The van der Waals surface area contributed by atoms with E-state index in [0.29, 0.717) is 25.5 Å². The number of nitrogens with zero attached hydrogens (tertiary/aromatic N) is 2. The molecule has 0 aliphatic carbocycles. The second kappa shape index (κ2) is 8.95. The molecule has 0 bridgehead atoms. The highest BCUT2D eigenvalue weighted by atomic mass is 16.5. The minimum atomic E-state index is -0.523. The number of benzene rings is 1. The van der Waals surface area contributed by atoms with Gasteiger partial charge in [0, 0.05) is 25.2 Å². The van der Waals surface area contributed by atoms with Gasteiger partial charge in [-0.05, 0) is 19.4 Å². The van der Waals surface area contributed by atoms with E-state index >= 15 is 0 Å². The minimum Gasteiger partial charge on any atom is -0.394 e. The maximum absolute atomic E-state index is 10.3. The van der Waals surface area contributed by atoms with Crippen molar-refractivity contribution in [3.05, 3.63) is 53.4 Å². The fraction of sp³-hybridized carbons (Fsp3) is 0.550. The van der Waals surface area contributed by atoms with Gasteiger partial charge in [0.25, 0.3) is 0 Å². The van der Waals surface area contributed by atoms with Crippen LogP contribution in [0.2, 0.25) is 0 Å². The number of aliphatic hydroxyl groups excluding tert-OH is 2. The molecule has 0 amide bonds. The highest BCUT2D eigenvalue weighted by Crippen LogP contribution is 2.27. The first-order valence-electron chi connectivity index (χ1n) is 9.37. The average Bonchev–Trinajstić information content (AvgIpc) is 3.18. The molecule has 1 aliphatic rings. The number of aromatic nitrogens is 1. The number of hydrogen-bond acceptors (Lipinski definition) is 7. The summed E-state index contributed by atoms with van der Waals surface area (Å²) in [6.07, 6.45) is 0. The van der Waals surface area contributed by atoms with E-state index < -0.39 is 5.54 Å². The van der Waals surface area contributed by atoms with E-state index in [0.717, 1.165) is 12.2 Å². The zero-order valence-electron chi connectivity index (χ0n) is 16.0. The Balaban J connectivity index is 1.73. The van der Waals surface area contributed by atoms with Gasteiger partial charge in [-0.2, -0.15) is 0 Å². The van der Waals surface area contributed by atoms with Gasteiger partial charge in [-0.25, -0.2) is 0 Å². The highest BCUT2D eigenvalue weighted by molar-refractivity contribution is 5.16. The maximum Gasteiger partial charge on any atom is 0.162 e. The van der Waals surface area contributed by atoms with Crippen LogP contribution in [-0.2, 0) is 17.9 Å². The molecule has 0 radical (unpaired) electrons. The third kappa shape index (κ3) is 4.56. The lowest BCUT2D eigenvalue weighted by atomic mass is 9.93. The van der Waals surface area contributed by atoms with Crippen LogP contribution in [-0.4, -0.2) is 58.2 Å². The normalized spacial score (nSPS) is 24.8. The summed E-state index contributed by atoms with van der Waals surface area (Å²) in [6.45, 7) is 6.33. The Hall–Kier alpha value is -1.77. The molecule has 1 aromatic carbocycles. The fourth-order valence-corrected chi connectivity index (χ4v) is 3.56. The van der Waals surface area contributed by atoms with Gasteiger partial charge in [0.15, 0.2) is 5.76 Å². The van der Waals surface area contributed by atoms with Crippen molar-refractivity contribution in [3.63, 3.8) is 0 Å².